The van der Waals surface area contributed by atoms with Gasteiger partial charge >= 0.3 is 0 Å². The van der Waals surface area contributed by atoms with Crippen LogP contribution in [0.25, 0.3) is 0 Å². The minimum atomic E-state index is -0.298. The maximum atomic E-state index is 12.7. The summed E-state index contributed by atoms with van der Waals surface area (Å²) in [7, 11) is 3.74. The highest BCUT2D eigenvalue weighted by Crippen LogP contribution is 2.17. The zero-order valence-electron chi connectivity index (χ0n) is 7.13. The third-order valence-electron chi connectivity index (χ3n) is 1.60. The summed E-state index contributed by atoms with van der Waals surface area (Å²) < 4.78 is 12.7. The first-order valence-corrected chi connectivity index (χ1v) is 3.58. The van der Waals surface area contributed by atoms with Gasteiger partial charge in [-0.2, -0.15) is 0 Å². The van der Waals surface area contributed by atoms with Crippen molar-refractivity contribution in [2.75, 3.05) is 19.0 Å². The van der Waals surface area contributed by atoms with E-state index in [4.69, 9.17) is 6.42 Å². The average molecular weight is 163 g/mol. The first-order chi connectivity index (χ1) is 5.65. The molecule has 2 heteroatoms. The predicted molar refractivity (Wildman–Crippen MR) is 48.7 cm³/mol. The molecule has 0 aliphatic rings. The van der Waals surface area contributed by atoms with Crippen LogP contribution in [-0.4, -0.2) is 14.1 Å². The highest BCUT2D eigenvalue weighted by Gasteiger charge is 2.02. The largest absolute Gasteiger partial charge is 0.377 e. The zero-order chi connectivity index (χ0) is 9.14. The Balaban J connectivity index is 3.23. The number of benzene rings is 1. The molecule has 0 atom stereocenters. The van der Waals surface area contributed by atoms with E-state index in [9.17, 15) is 4.39 Å². The van der Waals surface area contributed by atoms with Gasteiger partial charge in [0, 0.05) is 14.1 Å². The van der Waals surface area contributed by atoms with Crippen molar-refractivity contribution in [3.05, 3.63) is 29.6 Å². The highest BCUT2D eigenvalue weighted by molar-refractivity contribution is 5.59. The summed E-state index contributed by atoms with van der Waals surface area (Å²) in [6.07, 6.45) is 5.21. The molecule has 0 aromatic heterocycles. The van der Waals surface area contributed by atoms with Crippen LogP contribution in [0.15, 0.2) is 18.2 Å². The number of anilines is 1. The molecule has 0 aliphatic heterocycles. The molecule has 62 valence electrons. The summed E-state index contributed by atoms with van der Waals surface area (Å²) in [6, 6.07) is 4.43. The molecule has 0 saturated heterocycles. The molecule has 0 saturated carbocycles. The van der Waals surface area contributed by atoms with Gasteiger partial charge in [-0.3, -0.25) is 0 Å². The van der Waals surface area contributed by atoms with Gasteiger partial charge in [0.15, 0.2) is 0 Å². The van der Waals surface area contributed by atoms with Crippen molar-refractivity contribution in [3.63, 3.8) is 0 Å². The van der Waals surface area contributed by atoms with Crippen LogP contribution in [0.3, 0.4) is 0 Å². The third-order valence-corrected chi connectivity index (χ3v) is 1.60. The van der Waals surface area contributed by atoms with Gasteiger partial charge in [-0.1, -0.05) is 5.92 Å². The number of halogens is 1. The molecule has 1 nitrogen and oxygen atoms in total. The molecule has 1 aromatic carbocycles. The van der Waals surface area contributed by atoms with E-state index < -0.39 is 0 Å². The van der Waals surface area contributed by atoms with Crippen LogP contribution in [0.5, 0.6) is 0 Å². The Morgan fingerprint density at radius 1 is 1.42 bits per heavy atom. The number of hydrogen-bond donors (Lipinski definition) is 0. The fourth-order valence-electron chi connectivity index (χ4n) is 1.01. The molecule has 0 radical (unpaired) electrons. The predicted octanol–water partition coefficient (Wildman–Crippen LogP) is 1.87. The monoisotopic (exact) mass is 163 g/mol. The second-order valence-corrected chi connectivity index (χ2v) is 2.70. The molecule has 0 unspecified atom stereocenters. The van der Waals surface area contributed by atoms with E-state index >= 15 is 0 Å². The van der Waals surface area contributed by atoms with Gasteiger partial charge in [0.25, 0.3) is 0 Å². The molecule has 1 rings (SSSR count). The second kappa shape index (κ2) is 3.27. The lowest BCUT2D eigenvalue weighted by molar-refractivity contribution is 0.627. The molecule has 0 bridgehead atoms. The number of terminal acetylenes is 1. The van der Waals surface area contributed by atoms with Gasteiger partial charge in [0.1, 0.15) is 5.82 Å². The van der Waals surface area contributed by atoms with Crippen molar-refractivity contribution in [1.82, 2.24) is 0 Å². The van der Waals surface area contributed by atoms with Crippen LogP contribution in [-0.2, 0) is 0 Å². The maximum Gasteiger partial charge on any atom is 0.124 e. The summed E-state index contributed by atoms with van der Waals surface area (Å²) >= 11 is 0. The van der Waals surface area contributed by atoms with Crippen LogP contribution in [0.1, 0.15) is 5.56 Å². The molecule has 0 spiro atoms. The van der Waals surface area contributed by atoms with E-state index in [0.29, 0.717) is 5.56 Å². The topological polar surface area (TPSA) is 3.24 Å². The standard InChI is InChI=1S/C10H10FN/c1-4-8-7-9(11)5-6-10(8)12(2)3/h1,5-7H,2-3H3. The third kappa shape index (κ3) is 1.57. The first kappa shape index (κ1) is 8.61. The Bertz CT molecular complexity index is 323. The Kier molecular flexibility index (Phi) is 2.35. The van der Waals surface area contributed by atoms with E-state index in [1.807, 2.05) is 19.0 Å². The normalized spacial score (nSPS) is 9.17. The van der Waals surface area contributed by atoms with Gasteiger partial charge in [0.2, 0.25) is 0 Å². The molecular formula is C10H10FN. The van der Waals surface area contributed by atoms with Crippen molar-refractivity contribution < 1.29 is 4.39 Å². The SMILES string of the molecule is C#Cc1cc(F)ccc1N(C)C. The van der Waals surface area contributed by atoms with Gasteiger partial charge in [-0.15, -0.1) is 6.42 Å². The minimum Gasteiger partial charge on any atom is -0.377 e. The summed E-state index contributed by atoms with van der Waals surface area (Å²) in [4.78, 5) is 1.86. The van der Waals surface area contributed by atoms with E-state index in [1.165, 1.54) is 12.1 Å². The summed E-state index contributed by atoms with van der Waals surface area (Å²) in [5.74, 6) is 2.14. The van der Waals surface area contributed by atoms with Crippen molar-refractivity contribution in [3.8, 4) is 12.3 Å². The lowest BCUT2D eigenvalue weighted by atomic mass is 10.1. The van der Waals surface area contributed by atoms with Gasteiger partial charge in [-0.05, 0) is 18.2 Å². The molecule has 0 amide bonds. The van der Waals surface area contributed by atoms with E-state index in [-0.39, 0.29) is 5.82 Å². The van der Waals surface area contributed by atoms with Crippen LogP contribution >= 0.6 is 0 Å². The number of hydrogen-bond acceptors (Lipinski definition) is 1. The average Bonchev–Trinajstić information content (AvgIpc) is 2.03. The highest BCUT2D eigenvalue weighted by atomic mass is 19.1. The molecule has 0 aliphatic carbocycles. The van der Waals surface area contributed by atoms with E-state index in [2.05, 4.69) is 5.92 Å². The Morgan fingerprint density at radius 2 is 2.08 bits per heavy atom. The second-order valence-electron chi connectivity index (χ2n) is 2.70. The van der Waals surface area contributed by atoms with E-state index in [1.54, 1.807) is 6.07 Å². The van der Waals surface area contributed by atoms with Crippen molar-refractivity contribution in [1.29, 1.82) is 0 Å². The van der Waals surface area contributed by atoms with Crippen molar-refractivity contribution in [2.45, 2.75) is 0 Å². The van der Waals surface area contributed by atoms with Gasteiger partial charge < -0.3 is 4.90 Å². The van der Waals surface area contributed by atoms with Crippen molar-refractivity contribution in [2.24, 2.45) is 0 Å². The van der Waals surface area contributed by atoms with Crippen LogP contribution in [0, 0.1) is 18.2 Å². The summed E-state index contributed by atoms with van der Waals surface area (Å²) in [5, 5.41) is 0. The van der Waals surface area contributed by atoms with Crippen LogP contribution in [0.2, 0.25) is 0 Å². The first-order valence-electron chi connectivity index (χ1n) is 3.58. The van der Waals surface area contributed by atoms with E-state index in [0.717, 1.165) is 5.69 Å². The number of nitrogens with zero attached hydrogens (tertiary/aromatic N) is 1. The zero-order valence-corrected chi connectivity index (χ0v) is 7.13. The fourth-order valence-corrected chi connectivity index (χ4v) is 1.01. The van der Waals surface area contributed by atoms with Gasteiger partial charge in [-0.25, -0.2) is 4.39 Å². The molecule has 0 N–H and O–H groups in total. The smallest absolute Gasteiger partial charge is 0.124 e. The van der Waals surface area contributed by atoms with Crippen LogP contribution < -0.4 is 4.90 Å². The quantitative estimate of drug-likeness (QED) is 0.571. The van der Waals surface area contributed by atoms with Gasteiger partial charge in [0.05, 0.1) is 11.3 Å². The molecule has 0 fully saturated rings. The summed E-state index contributed by atoms with van der Waals surface area (Å²) in [6.45, 7) is 0. The lowest BCUT2D eigenvalue weighted by Crippen LogP contribution is -2.10. The Labute approximate surface area is 71.8 Å². The Morgan fingerprint density at radius 3 is 2.58 bits per heavy atom. The maximum absolute atomic E-state index is 12.7. The fraction of sp³-hybridized carbons (Fsp3) is 0.200. The van der Waals surface area contributed by atoms with Crippen LogP contribution in [0.4, 0.5) is 10.1 Å². The van der Waals surface area contributed by atoms with Crippen molar-refractivity contribution >= 4 is 5.69 Å². The number of rotatable bonds is 1. The molecule has 0 heterocycles. The molecular weight excluding hydrogens is 153 g/mol. The molecule has 1 aromatic rings. The minimum absolute atomic E-state index is 0.298. The Hall–Kier alpha value is -1.49. The summed E-state index contributed by atoms with van der Waals surface area (Å²) in [5.41, 5.74) is 1.44. The molecule has 12 heavy (non-hydrogen) atoms. The lowest BCUT2D eigenvalue weighted by Gasteiger charge is -2.14.